The lowest BCUT2D eigenvalue weighted by Crippen LogP contribution is -2.36. The van der Waals surface area contributed by atoms with Crippen molar-refractivity contribution < 1.29 is 0 Å². The summed E-state index contributed by atoms with van der Waals surface area (Å²) in [4.78, 5) is 11.7. The summed E-state index contributed by atoms with van der Waals surface area (Å²) in [5.74, 6) is 5.49. The third-order valence-corrected chi connectivity index (χ3v) is 3.21. The Balaban J connectivity index is 2.56. The number of rotatable bonds is 2. The zero-order chi connectivity index (χ0) is 10.3. The fraction of sp³-hybridized carbons (Fsp3) is 0.625. The Bertz CT molecular complexity index is 424. The zero-order valence-electron chi connectivity index (χ0n) is 7.90. The molecule has 14 heavy (non-hydrogen) atoms. The molecule has 1 heterocycles. The van der Waals surface area contributed by atoms with E-state index in [1.807, 2.05) is 6.92 Å². The van der Waals surface area contributed by atoms with Crippen molar-refractivity contribution in [3.63, 3.8) is 0 Å². The maximum absolute atomic E-state index is 11.7. The Morgan fingerprint density at radius 3 is 2.71 bits per heavy atom. The first-order valence-corrected chi connectivity index (χ1v) is 5.00. The number of aromatic nitrogens is 3. The fourth-order valence-corrected chi connectivity index (χ4v) is 1.77. The van der Waals surface area contributed by atoms with Crippen LogP contribution in [0.25, 0.3) is 0 Å². The van der Waals surface area contributed by atoms with Gasteiger partial charge in [-0.15, -0.1) is 22.8 Å². The van der Waals surface area contributed by atoms with Gasteiger partial charge in [0, 0.05) is 5.41 Å². The van der Waals surface area contributed by atoms with E-state index in [2.05, 4.69) is 22.8 Å². The summed E-state index contributed by atoms with van der Waals surface area (Å²) in [6, 6.07) is 0. The molecule has 76 valence electrons. The quantitative estimate of drug-likeness (QED) is 0.538. The predicted octanol–water partition coefficient (Wildman–Crippen LogP) is 0.0824. The molecule has 2 rings (SSSR count). The van der Waals surface area contributed by atoms with Crippen LogP contribution in [0.4, 0.5) is 0 Å². The number of nitrogen functional groups attached to an aromatic ring is 1. The van der Waals surface area contributed by atoms with Gasteiger partial charge in [-0.3, -0.25) is 4.79 Å². The van der Waals surface area contributed by atoms with E-state index in [1.54, 1.807) is 0 Å². The summed E-state index contributed by atoms with van der Waals surface area (Å²) in [5, 5.41) is 7.79. The molecular formula is C8H12N4OS. The highest BCUT2D eigenvalue weighted by Gasteiger charge is 2.46. The summed E-state index contributed by atoms with van der Waals surface area (Å²) < 4.78 is 0.946. The third-order valence-electron chi connectivity index (χ3n) is 2.91. The summed E-state index contributed by atoms with van der Waals surface area (Å²) in [7, 11) is 0. The van der Waals surface area contributed by atoms with Crippen molar-refractivity contribution in [1.82, 2.24) is 14.9 Å². The standard InChI is InChI=1S/C8H12N4OS/c1-2-8(3-4-8)5-6(13)12(9)7(14)11-10-5/h2-4,9H2,1H3,(H,11,14). The number of thiol groups is 1. The fourth-order valence-electron chi connectivity index (χ4n) is 1.63. The minimum Gasteiger partial charge on any atom is -0.334 e. The van der Waals surface area contributed by atoms with Crippen molar-refractivity contribution in [2.24, 2.45) is 0 Å². The van der Waals surface area contributed by atoms with Crippen molar-refractivity contribution in [3.8, 4) is 0 Å². The van der Waals surface area contributed by atoms with Crippen LogP contribution in [0.3, 0.4) is 0 Å². The van der Waals surface area contributed by atoms with E-state index < -0.39 is 0 Å². The van der Waals surface area contributed by atoms with Crippen LogP contribution in [0.2, 0.25) is 0 Å². The smallest absolute Gasteiger partial charge is 0.295 e. The van der Waals surface area contributed by atoms with E-state index in [1.165, 1.54) is 0 Å². The zero-order valence-corrected chi connectivity index (χ0v) is 8.79. The maximum Gasteiger partial charge on any atom is 0.295 e. The maximum atomic E-state index is 11.7. The molecule has 5 nitrogen and oxygen atoms in total. The van der Waals surface area contributed by atoms with Crippen LogP contribution in [-0.2, 0) is 5.41 Å². The molecule has 1 saturated carbocycles. The molecule has 1 aromatic heterocycles. The van der Waals surface area contributed by atoms with Crippen molar-refractivity contribution in [3.05, 3.63) is 16.0 Å². The third kappa shape index (κ3) is 1.21. The van der Waals surface area contributed by atoms with Gasteiger partial charge in [0.25, 0.3) is 5.56 Å². The van der Waals surface area contributed by atoms with Crippen molar-refractivity contribution in [2.75, 3.05) is 5.84 Å². The monoisotopic (exact) mass is 212 g/mol. The first kappa shape index (κ1) is 9.51. The highest BCUT2D eigenvalue weighted by molar-refractivity contribution is 7.80. The Morgan fingerprint density at radius 1 is 1.57 bits per heavy atom. The average Bonchev–Trinajstić information content (AvgIpc) is 2.95. The van der Waals surface area contributed by atoms with Gasteiger partial charge in [-0.2, -0.15) is 4.68 Å². The van der Waals surface area contributed by atoms with Gasteiger partial charge in [0.2, 0.25) is 5.16 Å². The normalized spacial score (nSPS) is 18.1. The van der Waals surface area contributed by atoms with E-state index in [4.69, 9.17) is 5.84 Å². The van der Waals surface area contributed by atoms with E-state index >= 15 is 0 Å². The predicted molar refractivity (Wildman–Crippen MR) is 54.9 cm³/mol. The highest BCUT2D eigenvalue weighted by Crippen LogP contribution is 2.48. The molecular weight excluding hydrogens is 200 g/mol. The molecule has 0 aliphatic heterocycles. The van der Waals surface area contributed by atoms with Gasteiger partial charge in [0.15, 0.2) is 0 Å². The molecule has 0 amide bonds. The number of hydrogen-bond acceptors (Lipinski definition) is 5. The number of hydrogen-bond donors (Lipinski definition) is 2. The Morgan fingerprint density at radius 2 is 2.21 bits per heavy atom. The molecule has 1 aliphatic rings. The summed E-state index contributed by atoms with van der Waals surface area (Å²) in [6.45, 7) is 2.05. The van der Waals surface area contributed by atoms with Crippen LogP contribution in [0, 0.1) is 0 Å². The number of nitrogens with two attached hydrogens (primary N) is 1. The average molecular weight is 212 g/mol. The lowest BCUT2D eigenvalue weighted by atomic mass is 10.00. The first-order chi connectivity index (χ1) is 6.60. The van der Waals surface area contributed by atoms with Crippen LogP contribution in [-0.4, -0.2) is 14.9 Å². The topological polar surface area (TPSA) is 73.8 Å². The second-order valence-electron chi connectivity index (χ2n) is 3.66. The minimum atomic E-state index is -0.274. The second kappa shape index (κ2) is 2.98. The summed E-state index contributed by atoms with van der Waals surface area (Å²) >= 11 is 3.92. The molecule has 0 bridgehead atoms. The summed E-state index contributed by atoms with van der Waals surface area (Å²) in [5.41, 5.74) is 0.150. The highest BCUT2D eigenvalue weighted by atomic mass is 32.1. The lowest BCUT2D eigenvalue weighted by Gasteiger charge is -2.10. The second-order valence-corrected chi connectivity index (χ2v) is 4.06. The van der Waals surface area contributed by atoms with Gasteiger partial charge in [0.1, 0.15) is 5.69 Å². The minimum absolute atomic E-state index is 0.0628. The van der Waals surface area contributed by atoms with Gasteiger partial charge >= 0.3 is 0 Å². The molecule has 0 unspecified atom stereocenters. The van der Waals surface area contributed by atoms with Crippen LogP contribution in [0.1, 0.15) is 31.9 Å². The van der Waals surface area contributed by atoms with Crippen LogP contribution in [0.15, 0.2) is 9.95 Å². The molecule has 6 heteroatoms. The van der Waals surface area contributed by atoms with E-state index in [0.29, 0.717) is 5.69 Å². The Kier molecular flexibility index (Phi) is 2.02. The largest absolute Gasteiger partial charge is 0.334 e. The molecule has 0 aromatic carbocycles. The first-order valence-electron chi connectivity index (χ1n) is 4.55. The van der Waals surface area contributed by atoms with Gasteiger partial charge in [-0.25, -0.2) is 0 Å². The lowest BCUT2D eigenvalue weighted by molar-refractivity contribution is 0.571. The molecule has 1 aliphatic carbocycles. The van der Waals surface area contributed by atoms with Crippen molar-refractivity contribution >= 4 is 12.6 Å². The molecule has 0 spiro atoms. The molecule has 0 radical (unpaired) electrons. The van der Waals surface area contributed by atoms with Gasteiger partial charge < -0.3 is 5.84 Å². The van der Waals surface area contributed by atoms with Crippen LogP contribution < -0.4 is 11.4 Å². The van der Waals surface area contributed by atoms with E-state index in [-0.39, 0.29) is 16.1 Å². The van der Waals surface area contributed by atoms with Crippen LogP contribution in [0.5, 0.6) is 0 Å². The van der Waals surface area contributed by atoms with Crippen LogP contribution >= 0.6 is 12.6 Å². The Labute approximate surface area is 86.7 Å². The summed E-state index contributed by atoms with van der Waals surface area (Å²) in [6.07, 6.45) is 2.90. The van der Waals surface area contributed by atoms with Gasteiger partial charge in [-0.1, -0.05) is 6.92 Å². The molecule has 2 N–H and O–H groups in total. The van der Waals surface area contributed by atoms with Crippen molar-refractivity contribution in [2.45, 2.75) is 36.8 Å². The van der Waals surface area contributed by atoms with E-state index in [0.717, 1.165) is 23.9 Å². The van der Waals surface area contributed by atoms with Gasteiger partial charge in [0.05, 0.1) is 0 Å². The molecule has 0 atom stereocenters. The van der Waals surface area contributed by atoms with Gasteiger partial charge in [-0.05, 0) is 19.3 Å². The van der Waals surface area contributed by atoms with E-state index in [9.17, 15) is 4.79 Å². The number of nitrogens with zero attached hydrogens (tertiary/aromatic N) is 3. The molecule has 1 fully saturated rings. The Hall–Kier alpha value is -1.04. The molecule has 1 aromatic rings. The SMILES string of the molecule is CCC1(c2nnc(S)n(N)c2=O)CC1. The molecule has 0 saturated heterocycles. The van der Waals surface area contributed by atoms with Crippen molar-refractivity contribution in [1.29, 1.82) is 0 Å².